The molecule has 0 spiro atoms. The maximum absolute atomic E-state index is 13.2. The summed E-state index contributed by atoms with van der Waals surface area (Å²) in [6.45, 7) is 7.96. The molecule has 184 valence electrons. The van der Waals surface area contributed by atoms with Gasteiger partial charge in [-0.25, -0.2) is 19.0 Å². The van der Waals surface area contributed by atoms with Crippen LogP contribution < -0.4 is 10.6 Å². The summed E-state index contributed by atoms with van der Waals surface area (Å²) in [5.41, 5.74) is 2.50. The Morgan fingerprint density at radius 3 is 2.69 bits per heavy atom. The number of amides is 1. The topological polar surface area (TPSA) is 103 Å². The molecule has 3 aromatic heterocycles. The summed E-state index contributed by atoms with van der Waals surface area (Å²) in [4.78, 5) is 22.1. The molecule has 9 nitrogen and oxygen atoms in total. The van der Waals surface area contributed by atoms with Gasteiger partial charge in [0, 0.05) is 25.7 Å². The Bertz CT molecular complexity index is 1320. The molecule has 2 N–H and O–H groups in total. The summed E-state index contributed by atoms with van der Waals surface area (Å²) in [6, 6.07) is 7.71. The van der Waals surface area contributed by atoms with Gasteiger partial charge in [0.2, 0.25) is 0 Å². The first-order valence-electron chi connectivity index (χ1n) is 11.5. The quantitative estimate of drug-likeness (QED) is 0.253. The third kappa shape index (κ3) is 5.79. The number of hydrogen-bond acceptors (Lipinski definition) is 7. The van der Waals surface area contributed by atoms with E-state index in [2.05, 4.69) is 51.6 Å². The highest BCUT2D eigenvalue weighted by molar-refractivity contribution is 7.99. The second-order valence-electron chi connectivity index (χ2n) is 8.47. The highest BCUT2D eigenvalue weighted by Crippen LogP contribution is 2.24. The molecule has 1 aromatic carbocycles. The standard InChI is InChI=1S/C24H29FN8OS/c1-5-35-24-29-21(27-13-15(2)3)18-14-28-33(22(18)30-24)11-10-26-23(34)20-12-19(31-32(20)4)16-6-8-17(25)9-7-16/h6-9,12,14-15H,5,10-11,13H2,1-4H3,(H,26,34)(H,27,29,30). The van der Waals surface area contributed by atoms with Gasteiger partial charge < -0.3 is 10.6 Å². The number of fused-ring (bicyclic) bond motifs is 1. The number of benzene rings is 1. The summed E-state index contributed by atoms with van der Waals surface area (Å²) in [7, 11) is 1.71. The summed E-state index contributed by atoms with van der Waals surface area (Å²) >= 11 is 1.58. The van der Waals surface area contributed by atoms with Gasteiger partial charge in [-0.3, -0.25) is 9.48 Å². The highest BCUT2D eigenvalue weighted by atomic mass is 32.2. The van der Waals surface area contributed by atoms with E-state index in [0.29, 0.717) is 35.6 Å². The molecule has 0 fully saturated rings. The molecule has 0 saturated carbocycles. The van der Waals surface area contributed by atoms with E-state index < -0.39 is 0 Å². The SMILES string of the molecule is CCSc1nc(NCC(C)C)c2cnn(CCNC(=O)c3cc(-c4ccc(F)cc4)nn3C)c2n1. The minimum atomic E-state index is -0.317. The van der Waals surface area contributed by atoms with Gasteiger partial charge in [0.15, 0.2) is 10.8 Å². The van der Waals surface area contributed by atoms with E-state index in [4.69, 9.17) is 0 Å². The van der Waals surface area contributed by atoms with Gasteiger partial charge in [0.25, 0.3) is 5.91 Å². The lowest BCUT2D eigenvalue weighted by atomic mass is 10.1. The molecular weight excluding hydrogens is 467 g/mol. The lowest BCUT2D eigenvalue weighted by molar-refractivity contribution is 0.0942. The van der Waals surface area contributed by atoms with Crippen molar-refractivity contribution in [2.45, 2.75) is 32.5 Å². The van der Waals surface area contributed by atoms with Crippen LogP contribution in [0.3, 0.4) is 0 Å². The first kappa shape index (κ1) is 24.6. The van der Waals surface area contributed by atoms with Gasteiger partial charge in [-0.15, -0.1) is 0 Å². The van der Waals surface area contributed by atoms with E-state index in [0.717, 1.165) is 34.7 Å². The van der Waals surface area contributed by atoms with Gasteiger partial charge in [-0.1, -0.05) is 32.5 Å². The number of thioether (sulfide) groups is 1. The molecule has 0 unspecified atom stereocenters. The number of nitrogens with one attached hydrogen (secondary N) is 2. The van der Waals surface area contributed by atoms with Crippen LogP contribution in [0.5, 0.6) is 0 Å². The molecule has 0 radical (unpaired) electrons. The molecule has 4 rings (SSSR count). The van der Waals surface area contributed by atoms with E-state index in [9.17, 15) is 9.18 Å². The molecule has 4 aromatic rings. The van der Waals surface area contributed by atoms with Crippen LogP contribution in [0.25, 0.3) is 22.3 Å². The number of carbonyl (C=O) groups excluding carboxylic acids is 1. The molecule has 0 aliphatic rings. The van der Waals surface area contributed by atoms with Crippen molar-refractivity contribution in [3.8, 4) is 11.3 Å². The first-order valence-corrected chi connectivity index (χ1v) is 12.5. The predicted octanol–water partition coefficient (Wildman–Crippen LogP) is 3.98. The van der Waals surface area contributed by atoms with Crippen molar-refractivity contribution in [2.75, 3.05) is 24.2 Å². The van der Waals surface area contributed by atoms with Crippen molar-refractivity contribution in [2.24, 2.45) is 13.0 Å². The summed E-state index contributed by atoms with van der Waals surface area (Å²) in [6.07, 6.45) is 1.76. The lowest BCUT2D eigenvalue weighted by Crippen LogP contribution is -2.29. The Labute approximate surface area is 207 Å². The second-order valence-corrected chi connectivity index (χ2v) is 9.70. The summed E-state index contributed by atoms with van der Waals surface area (Å²) in [5.74, 6) is 1.55. The number of nitrogens with zero attached hydrogens (tertiary/aromatic N) is 6. The monoisotopic (exact) mass is 496 g/mol. The lowest BCUT2D eigenvalue weighted by Gasteiger charge is -2.11. The molecule has 0 bridgehead atoms. The maximum atomic E-state index is 13.2. The Morgan fingerprint density at radius 2 is 1.97 bits per heavy atom. The van der Waals surface area contributed by atoms with E-state index in [1.807, 2.05) is 0 Å². The van der Waals surface area contributed by atoms with Crippen molar-refractivity contribution in [3.05, 3.63) is 48.0 Å². The minimum absolute atomic E-state index is 0.249. The van der Waals surface area contributed by atoms with Crippen molar-refractivity contribution < 1.29 is 9.18 Å². The number of halogens is 1. The number of carbonyl (C=O) groups is 1. The van der Waals surface area contributed by atoms with E-state index in [1.165, 1.54) is 16.8 Å². The van der Waals surface area contributed by atoms with E-state index in [1.54, 1.807) is 47.9 Å². The molecule has 1 amide bonds. The van der Waals surface area contributed by atoms with Gasteiger partial charge in [-0.2, -0.15) is 10.2 Å². The van der Waals surface area contributed by atoms with Crippen molar-refractivity contribution in [1.82, 2.24) is 34.8 Å². The van der Waals surface area contributed by atoms with Crippen LogP contribution in [-0.2, 0) is 13.6 Å². The normalized spacial score (nSPS) is 11.4. The zero-order chi connectivity index (χ0) is 24.9. The van der Waals surface area contributed by atoms with Gasteiger partial charge in [0.1, 0.15) is 17.3 Å². The van der Waals surface area contributed by atoms with E-state index >= 15 is 0 Å². The molecular formula is C24H29FN8OS. The van der Waals surface area contributed by atoms with Crippen LogP contribution in [0, 0.1) is 11.7 Å². The number of hydrogen-bond donors (Lipinski definition) is 2. The Kier molecular flexibility index (Phi) is 7.64. The number of anilines is 1. The van der Waals surface area contributed by atoms with Crippen LogP contribution >= 0.6 is 11.8 Å². The smallest absolute Gasteiger partial charge is 0.269 e. The second kappa shape index (κ2) is 10.9. The number of aryl methyl sites for hydroxylation is 1. The fraction of sp³-hybridized carbons (Fsp3) is 0.375. The van der Waals surface area contributed by atoms with E-state index in [-0.39, 0.29) is 11.7 Å². The first-order chi connectivity index (χ1) is 16.9. The molecule has 0 atom stereocenters. The number of aromatic nitrogens is 6. The van der Waals surface area contributed by atoms with Crippen molar-refractivity contribution in [3.63, 3.8) is 0 Å². The zero-order valence-electron chi connectivity index (χ0n) is 20.2. The van der Waals surface area contributed by atoms with Crippen LogP contribution in [0.4, 0.5) is 10.2 Å². The molecule has 3 heterocycles. The molecule has 0 saturated heterocycles. The van der Waals surface area contributed by atoms with Crippen molar-refractivity contribution in [1.29, 1.82) is 0 Å². The summed E-state index contributed by atoms with van der Waals surface area (Å²) in [5, 5.41) is 16.8. The molecule has 35 heavy (non-hydrogen) atoms. The minimum Gasteiger partial charge on any atom is -0.369 e. The fourth-order valence-electron chi connectivity index (χ4n) is 3.54. The third-order valence-electron chi connectivity index (χ3n) is 5.29. The Hall–Kier alpha value is -3.47. The van der Waals surface area contributed by atoms with Crippen LogP contribution in [0.1, 0.15) is 31.3 Å². The maximum Gasteiger partial charge on any atom is 0.269 e. The summed E-state index contributed by atoms with van der Waals surface area (Å²) < 4.78 is 16.5. The largest absolute Gasteiger partial charge is 0.369 e. The molecule has 0 aliphatic carbocycles. The van der Waals surface area contributed by atoms with Crippen molar-refractivity contribution >= 4 is 34.5 Å². The molecule has 0 aliphatic heterocycles. The van der Waals surface area contributed by atoms with Crippen LogP contribution in [-0.4, -0.2) is 54.3 Å². The zero-order valence-corrected chi connectivity index (χ0v) is 21.1. The van der Waals surface area contributed by atoms with Crippen LogP contribution in [0.15, 0.2) is 41.7 Å². The van der Waals surface area contributed by atoms with Gasteiger partial charge >= 0.3 is 0 Å². The molecule has 11 heteroatoms. The highest BCUT2D eigenvalue weighted by Gasteiger charge is 2.16. The Morgan fingerprint density at radius 1 is 1.20 bits per heavy atom. The average molecular weight is 497 g/mol. The van der Waals surface area contributed by atoms with Gasteiger partial charge in [-0.05, 0) is 42.0 Å². The van der Waals surface area contributed by atoms with Gasteiger partial charge in [0.05, 0.1) is 23.8 Å². The predicted molar refractivity (Wildman–Crippen MR) is 136 cm³/mol. The van der Waals surface area contributed by atoms with Crippen LogP contribution in [0.2, 0.25) is 0 Å². The number of rotatable bonds is 10. The third-order valence-corrected chi connectivity index (χ3v) is 6.02. The average Bonchev–Trinajstić information content (AvgIpc) is 3.42. The Balaban J connectivity index is 1.46. The fourth-order valence-corrected chi connectivity index (χ4v) is 4.10.